The minimum Gasteiger partial charge on any atom is -0.411 e. The van der Waals surface area contributed by atoms with Crippen molar-refractivity contribution in [3.63, 3.8) is 0 Å². The first kappa shape index (κ1) is 15.2. The first-order chi connectivity index (χ1) is 9.22. The SMILES string of the molecule is CN(CCCCNC(=O)/C=N/O)Cc1ccccc1. The van der Waals surface area contributed by atoms with E-state index in [4.69, 9.17) is 5.21 Å². The van der Waals surface area contributed by atoms with Gasteiger partial charge in [0.15, 0.2) is 0 Å². The Morgan fingerprint density at radius 3 is 2.79 bits per heavy atom. The molecule has 0 heterocycles. The van der Waals surface area contributed by atoms with Crippen molar-refractivity contribution in [2.24, 2.45) is 5.16 Å². The average Bonchev–Trinajstić information content (AvgIpc) is 2.40. The molecule has 1 aromatic rings. The minimum atomic E-state index is -0.361. The quantitative estimate of drug-likeness (QED) is 0.323. The molecule has 1 amide bonds. The smallest absolute Gasteiger partial charge is 0.265 e. The van der Waals surface area contributed by atoms with E-state index in [2.05, 4.69) is 34.6 Å². The molecule has 0 radical (unpaired) electrons. The predicted octanol–water partition coefficient (Wildman–Crippen LogP) is 1.47. The first-order valence-corrected chi connectivity index (χ1v) is 6.40. The number of hydrogen-bond donors (Lipinski definition) is 2. The van der Waals surface area contributed by atoms with Gasteiger partial charge in [-0.2, -0.15) is 0 Å². The van der Waals surface area contributed by atoms with E-state index >= 15 is 0 Å². The molecule has 0 unspecified atom stereocenters. The molecular weight excluding hydrogens is 242 g/mol. The number of carbonyl (C=O) groups excluding carboxylic acids is 1. The van der Waals surface area contributed by atoms with E-state index in [1.165, 1.54) is 5.56 Å². The van der Waals surface area contributed by atoms with Gasteiger partial charge in [0.25, 0.3) is 5.91 Å². The molecule has 0 bridgehead atoms. The molecule has 1 aromatic carbocycles. The van der Waals surface area contributed by atoms with Crippen LogP contribution in [0.5, 0.6) is 0 Å². The van der Waals surface area contributed by atoms with Crippen LogP contribution in [-0.4, -0.2) is 42.4 Å². The van der Waals surface area contributed by atoms with Crippen molar-refractivity contribution in [3.05, 3.63) is 35.9 Å². The van der Waals surface area contributed by atoms with Crippen molar-refractivity contribution < 1.29 is 10.0 Å². The van der Waals surface area contributed by atoms with Crippen LogP contribution < -0.4 is 5.32 Å². The highest BCUT2D eigenvalue weighted by Crippen LogP contribution is 2.03. The van der Waals surface area contributed by atoms with E-state index in [-0.39, 0.29) is 5.91 Å². The van der Waals surface area contributed by atoms with Crippen molar-refractivity contribution in [2.75, 3.05) is 20.1 Å². The molecule has 0 aliphatic carbocycles. The zero-order valence-corrected chi connectivity index (χ0v) is 11.2. The summed E-state index contributed by atoms with van der Waals surface area (Å²) in [4.78, 5) is 13.2. The van der Waals surface area contributed by atoms with Crippen molar-refractivity contribution in [1.82, 2.24) is 10.2 Å². The maximum absolute atomic E-state index is 11.0. The number of oxime groups is 1. The van der Waals surface area contributed by atoms with Gasteiger partial charge in [0.1, 0.15) is 6.21 Å². The third-order valence-corrected chi connectivity index (χ3v) is 2.74. The molecule has 0 atom stereocenters. The van der Waals surface area contributed by atoms with Crippen molar-refractivity contribution in [1.29, 1.82) is 0 Å². The molecular formula is C14H21N3O2. The van der Waals surface area contributed by atoms with Gasteiger partial charge in [-0.05, 0) is 32.0 Å². The fourth-order valence-corrected chi connectivity index (χ4v) is 1.79. The lowest BCUT2D eigenvalue weighted by Crippen LogP contribution is -2.26. The molecule has 0 spiro atoms. The normalized spacial score (nSPS) is 11.1. The lowest BCUT2D eigenvalue weighted by molar-refractivity contribution is -0.114. The molecule has 5 nitrogen and oxygen atoms in total. The van der Waals surface area contributed by atoms with Crippen molar-refractivity contribution >= 4 is 12.1 Å². The number of carbonyl (C=O) groups is 1. The summed E-state index contributed by atoms with van der Waals surface area (Å²) >= 11 is 0. The summed E-state index contributed by atoms with van der Waals surface area (Å²) in [5.41, 5.74) is 1.30. The van der Waals surface area contributed by atoms with E-state index in [9.17, 15) is 4.79 Å². The number of nitrogens with one attached hydrogen (secondary N) is 1. The van der Waals surface area contributed by atoms with Gasteiger partial charge in [0, 0.05) is 13.1 Å². The number of unbranched alkanes of at least 4 members (excludes halogenated alkanes) is 1. The molecule has 0 aliphatic heterocycles. The zero-order chi connectivity index (χ0) is 13.9. The lowest BCUT2D eigenvalue weighted by atomic mass is 10.2. The topological polar surface area (TPSA) is 64.9 Å². The summed E-state index contributed by atoms with van der Waals surface area (Å²) in [6.07, 6.45) is 2.78. The van der Waals surface area contributed by atoms with Crippen LogP contribution in [0.1, 0.15) is 18.4 Å². The van der Waals surface area contributed by atoms with Gasteiger partial charge in [-0.15, -0.1) is 0 Å². The molecule has 19 heavy (non-hydrogen) atoms. The second-order valence-electron chi connectivity index (χ2n) is 4.47. The summed E-state index contributed by atoms with van der Waals surface area (Å²) in [6.45, 7) is 2.52. The van der Waals surface area contributed by atoms with E-state index in [1.54, 1.807) is 0 Å². The Morgan fingerprint density at radius 1 is 1.37 bits per heavy atom. The first-order valence-electron chi connectivity index (χ1n) is 6.40. The van der Waals surface area contributed by atoms with Gasteiger partial charge in [0.2, 0.25) is 0 Å². The standard InChI is InChI=1S/C14H21N3O2/c1-17(12-13-7-3-2-4-8-13)10-6-5-9-15-14(18)11-16-19/h2-4,7-8,11,19H,5-6,9-10,12H2,1H3,(H,15,18)/b16-11+. The monoisotopic (exact) mass is 263 g/mol. The third kappa shape index (κ3) is 7.21. The molecule has 0 fully saturated rings. The van der Waals surface area contributed by atoms with Gasteiger partial charge in [0.05, 0.1) is 0 Å². The molecule has 0 saturated carbocycles. The Morgan fingerprint density at radius 2 is 2.11 bits per heavy atom. The summed E-state index contributed by atoms with van der Waals surface area (Å²) in [6, 6.07) is 10.3. The van der Waals surface area contributed by atoms with Gasteiger partial charge < -0.3 is 15.4 Å². The van der Waals surface area contributed by atoms with Gasteiger partial charge in [-0.1, -0.05) is 35.5 Å². The highest BCUT2D eigenvalue weighted by atomic mass is 16.4. The largest absolute Gasteiger partial charge is 0.411 e. The van der Waals surface area contributed by atoms with E-state index in [0.717, 1.165) is 32.1 Å². The Balaban J connectivity index is 2.08. The molecule has 0 aliphatic rings. The zero-order valence-electron chi connectivity index (χ0n) is 11.2. The second-order valence-corrected chi connectivity index (χ2v) is 4.47. The van der Waals surface area contributed by atoms with Gasteiger partial charge >= 0.3 is 0 Å². The summed E-state index contributed by atoms with van der Waals surface area (Å²) < 4.78 is 0. The molecule has 1 rings (SSSR count). The molecule has 5 heteroatoms. The van der Waals surface area contributed by atoms with E-state index in [0.29, 0.717) is 6.54 Å². The highest BCUT2D eigenvalue weighted by molar-refractivity contribution is 6.25. The van der Waals surface area contributed by atoms with Crippen molar-refractivity contribution in [2.45, 2.75) is 19.4 Å². The van der Waals surface area contributed by atoms with Crippen molar-refractivity contribution in [3.8, 4) is 0 Å². The number of rotatable bonds is 8. The van der Waals surface area contributed by atoms with Crippen LogP contribution >= 0.6 is 0 Å². The van der Waals surface area contributed by atoms with Gasteiger partial charge in [-0.3, -0.25) is 4.79 Å². The molecule has 104 valence electrons. The van der Waals surface area contributed by atoms with Crippen LogP contribution in [0.25, 0.3) is 0 Å². The Labute approximate surface area is 113 Å². The Bertz CT molecular complexity index is 393. The lowest BCUT2D eigenvalue weighted by Gasteiger charge is -2.16. The molecule has 0 aromatic heterocycles. The van der Waals surface area contributed by atoms with E-state index < -0.39 is 0 Å². The third-order valence-electron chi connectivity index (χ3n) is 2.74. The Kier molecular flexibility index (Phi) is 7.27. The van der Waals surface area contributed by atoms with Crippen LogP contribution in [-0.2, 0) is 11.3 Å². The number of amides is 1. The summed E-state index contributed by atoms with van der Waals surface area (Å²) in [5.74, 6) is -0.361. The van der Waals surface area contributed by atoms with Crippen LogP contribution in [0.3, 0.4) is 0 Å². The predicted molar refractivity (Wildman–Crippen MR) is 75.3 cm³/mol. The molecule has 0 saturated heterocycles. The summed E-state index contributed by atoms with van der Waals surface area (Å²) in [5, 5.41) is 13.5. The van der Waals surface area contributed by atoms with Gasteiger partial charge in [-0.25, -0.2) is 0 Å². The maximum atomic E-state index is 11.0. The number of benzene rings is 1. The highest BCUT2D eigenvalue weighted by Gasteiger charge is 2.00. The average molecular weight is 263 g/mol. The van der Waals surface area contributed by atoms with Crippen LogP contribution in [0.15, 0.2) is 35.5 Å². The number of nitrogens with zero attached hydrogens (tertiary/aromatic N) is 2. The van der Waals surface area contributed by atoms with Crippen LogP contribution in [0, 0.1) is 0 Å². The van der Waals surface area contributed by atoms with E-state index in [1.807, 2.05) is 18.2 Å². The van der Waals surface area contributed by atoms with Crippen LogP contribution in [0.4, 0.5) is 0 Å². The molecule has 2 N–H and O–H groups in total. The second kappa shape index (κ2) is 9.10. The fourth-order valence-electron chi connectivity index (χ4n) is 1.79. The maximum Gasteiger partial charge on any atom is 0.265 e. The minimum absolute atomic E-state index is 0.361. The number of hydrogen-bond acceptors (Lipinski definition) is 4. The fraction of sp³-hybridized carbons (Fsp3) is 0.429. The van der Waals surface area contributed by atoms with Crippen LogP contribution in [0.2, 0.25) is 0 Å². The summed E-state index contributed by atoms with van der Waals surface area (Å²) in [7, 11) is 2.09. The Hall–Kier alpha value is -1.88.